The van der Waals surface area contributed by atoms with Crippen molar-refractivity contribution in [3.05, 3.63) is 71.5 Å². The third-order valence-electron chi connectivity index (χ3n) is 3.11. The molecule has 5 heteroatoms. The third-order valence-corrected chi connectivity index (χ3v) is 3.11. The molecule has 0 aliphatic rings. The van der Waals surface area contributed by atoms with Gasteiger partial charge in [0.2, 0.25) is 0 Å². The molecule has 4 nitrogen and oxygen atoms in total. The van der Waals surface area contributed by atoms with Gasteiger partial charge in [0, 0.05) is 13.6 Å². The topological polar surface area (TPSA) is 46.6 Å². The zero-order valence-corrected chi connectivity index (χ0v) is 12.2. The Bertz CT molecular complexity index is 658. The zero-order chi connectivity index (χ0) is 15.9. The number of nitrogens with zero attached hydrogens (tertiary/aromatic N) is 1. The molecule has 0 spiro atoms. The first-order valence-electron chi connectivity index (χ1n) is 6.77. The molecule has 114 valence electrons. The van der Waals surface area contributed by atoms with Crippen molar-refractivity contribution in [2.75, 3.05) is 13.7 Å². The molecule has 0 atom stereocenters. The highest BCUT2D eigenvalue weighted by molar-refractivity contribution is 5.91. The number of likely N-dealkylation sites (N-methyl/N-ethyl adjacent to an activating group) is 1. The molecule has 0 heterocycles. The van der Waals surface area contributed by atoms with E-state index in [1.165, 1.54) is 29.2 Å². The molecule has 22 heavy (non-hydrogen) atoms. The Hall–Kier alpha value is -2.69. The van der Waals surface area contributed by atoms with Crippen molar-refractivity contribution in [1.82, 2.24) is 4.90 Å². The Morgan fingerprint density at radius 1 is 1.05 bits per heavy atom. The predicted octanol–water partition coefficient (Wildman–Crippen LogP) is 2.64. The summed E-state index contributed by atoms with van der Waals surface area (Å²) >= 11 is 0. The second-order valence-electron chi connectivity index (χ2n) is 4.79. The third kappa shape index (κ3) is 4.15. The number of carbonyl (C=O) groups excluding carboxylic acids is 2. The van der Waals surface area contributed by atoms with Gasteiger partial charge in [0.25, 0.3) is 5.91 Å². The fourth-order valence-corrected chi connectivity index (χ4v) is 1.89. The minimum Gasteiger partial charge on any atom is -0.452 e. The van der Waals surface area contributed by atoms with E-state index in [0.717, 1.165) is 5.56 Å². The highest BCUT2D eigenvalue weighted by Crippen LogP contribution is 2.08. The van der Waals surface area contributed by atoms with Crippen LogP contribution in [0.4, 0.5) is 4.39 Å². The van der Waals surface area contributed by atoms with Crippen LogP contribution in [0, 0.1) is 5.82 Å². The van der Waals surface area contributed by atoms with E-state index < -0.39 is 18.4 Å². The average Bonchev–Trinajstić information content (AvgIpc) is 2.53. The number of ether oxygens (including phenoxy) is 1. The monoisotopic (exact) mass is 301 g/mol. The van der Waals surface area contributed by atoms with Gasteiger partial charge >= 0.3 is 5.97 Å². The molecule has 0 aromatic heterocycles. The molecule has 0 saturated heterocycles. The van der Waals surface area contributed by atoms with Crippen LogP contribution >= 0.6 is 0 Å². The summed E-state index contributed by atoms with van der Waals surface area (Å²) in [5.41, 5.74) is 0.791. The minimum atomic E-state index is -0.848. The highest BCUT2D eigenvalue weighted by Gasteiger charge is 2.16. The summed E-state index contributed by atoms with van der Waals surface area (Å²) in [6.45, 7) is -0.00652. The van der Waals surface area contributed by atoms with Gasteiger partial charge in [-0.15, -0.1) is 0 Å². The lowest BCUT2D eigenvalue weighted by Crippen LogP contribution is -2.30. The van der Waals surface area contributed by atoms with Crippen LogP contribution in [-0.2, 0) is 16.1 Å². The van der Waals surface area contributed by atoms with Gasteiger partial charge in [-0.2, -0.15) is 0 Å². The number of amides is 1. The lowest BCUT2D eigenvalue weighted by molar-refractivity contribution is -0.133. The predicted molar refractivity (Wildman–Crippen MR) is 79.6 cm³/mol. The Morgan fingerprint density at radius 2 is 1.68 bits per heavy atom. The van der Waals surface area contributed by atoms with Crippen molar-refractivity contribution >= 4 is 11.9 Å². The fourth-order valence-electron chi connectivity index (χ4n) is 1.89. The Balaban J connectivity index is 1.87. The maximum atomic E-state index is 13.4. The van der Waals surface area contributed by atoms with Crippen molar-refractivity contribution in [2.45, 2.75) is 6.54 Å². The molecule has 1 amide bonds. The van der Waals surface area contributed by atoms with Crippen molar-refractivity contribution in [1.29, 1.82) is 0 Å². The number of halogens is 1. The molecule has 0 unspecified atom stereocenters. The summed E-state index contributed by atoms with van der Waals surface area (Å²) < 4.78 is 18.3. The highest BCUT2D eigenvalue weighted by atomic mass is 19.1. The number of hydrogen-bond acceptors (Lipinski definition) is 3. The van der Waals surface area contributed by atoms with Gasteiger partial charge < -0.3 is 9.64 Å². The number of esters is 1. The van der Waals surface area contributed by atoms with Crippen LogP contribution in [0.15, 0.2) is 54.6 Å². The average molecular weight is 301 g/mol. The zero-order valence-electron chi connectivity index (χ0n) is 12.2. The lowest BCUT2D eigenvalue weighted by atomic mass is 10.2. The van der Waals surface area contributed by atoms with Crippen LogP contribution in [0.2, 0.25) is 0 Å². The molecule has 0 saturated carbocycles. The maximum absolute atomic E-state index is 13.4. The van der Waals surface area contributed by atoms with Gasteiger partial charge in [-0.25, -0.2) is 9.18 Å². The fraction of sp³-hybridized carbons (Fsp3) is 0.176. The molecular formula is C17H16FNO3. The van der Waals surface area contributed by atoms with Crippen LogP contribution in [0.1, 0.15) is 15.9 Å². The molecule has 2 rings (SSSR count). The molecule has 2 aromatic carbocycles. The van der Waals surface area contributed by atoms with Crippen molar-refractivity contribution < 1.29 is 18.7 Å². The minimum absolute atomic E-state index is 0.180. The van der Waals surface area contributed by atoms with Crippen molar-refractivity contribution in [3.8, 4) is 0 Å². The molecule has 0 radical (unpaired) electrons. The van der Waals surface area contributed by atoms with Crippen molar-refractivity contribution in [2.24, 2.45) is 0 Å². The van der Waals surface area contributed by atoms with Gasteiger partial charge in [0.05, 0.1) is 5.56 Å². The quantitative estimate of drug-likeness (QED) is 0.798. The molecule has 0 N–H and O–H groups in total. The van der Waals surface area contributed by atoms with E-state index in [1.807, 2.05) is 30.3 Å². The Kier molecular flexibility index (Phi) is 5.25. The van der Waals surface area contributed by atoms with Crippen molar-refractivity contribution in [3.63, 3.8) is 0 Å². The van der Waals surface area contributed by atoms with Gasteiger partial charge in [-0.1, -0.05) is 42.5 Å². The summed E-state index contributed by atoms with van der Waals surface area (Å²) in [7, 11) is 1.62. The van der Waals surface area contributed by atoms with Crippen LogP contribution in [0.5, 0.6) is 0 Å². The van der Waals surface area contributed by atoms with Gasteiger partial charge in [0.15, 0.2) is 6.61 Å². The summed E-state index contributed by atoms with van der Waals surface area (Å²) in [5, 5.41) is 0. The first-order chi connectivity index (χ1) is 10.6. The van der Waals surface area contributed by atoms with E-state index in [9.17, 15) is 14.0 Å². The molecule has 0 fully saturated rings. The maximum Gasteiger partial charge on any atom is 0.341 e. The second kappa shape index (κ2) is 7.36. The van der Waals surface area contributed by atoms with E-state index in [-0.39, 0.29) is 11.5 Å². The summed E-state index contributed by atoms with van der Waals surface area (Å²) in [6.07, 6.45) is 0. The number of hydrogen-bond donors (Lipinski definition) is 0. The number of benzene rings is 2. The molecule has 0 aliphatic heterocycles. The van der Waals surface area contributed by atoms with E-state index in [0.29, 0.717) is 6.54 Å². The largest absolute Gasteiger partial charge is 0.452 e. The van der Waals surface area contributed by atoms with Crippen LogP contribution in [0.3, 0.4) is 0 Å². The lowest BCUT2D eigenvalue weighted by Gasteiger charge is -2.17. The van der Waals surface area contributed by atoms with E-state index >= 15 is 0 Å². The smallest absolute Gasteiger partial charge is 0.341 e. The molecule has 0 aliphatic carbocycles. The molecule has 0 bridgehead atoms. The van der Waals surface area contributed by atoms with E-state index in [4.69, 9.17) is 4.74 Å². The van der Waals surface area contributed by atoms with Crippen LogP contribution in [-0.4, -0.2) is 30.4 Å². The second-order valence-corrected chi connectivity index (χ2v) is 4.79. The standard InChI is InChI=1S/C17H16FNO3/c1-19(11-13-7-3-2-4-8-13)16(20)12-22-17(21)14-9-5-6-10-15(14)18/h2-10H,11-12H2,1H3. The normalized spacial score (nSPS) is 10.1. The summed E-state index contributed by atoms with van der Waals surface area (Å²) in [6, 6.07) is 14.9. The van der Waals surface area contributed by atoms with E-state index in [2.05, 4.69) is 0 Å². The van der Waals surface area contributed by atoms with Crippen LogP contribution < -0.4 is 0 Å². The van der Waals surface area contributed by atoms with Crippen LogP contribution in [0.25, 0.3) is 0 Å². The number of carbonyl (C=O) groups is 2. The SMILES string of the molecule is CN(Cc1ccccc1)C(=O)COC(=O)c1ccccc1F. The summed E-state index contributed by atoms with van der Waals surface area (Å²) in [4.78, 5) is 25.1. The molecular weight excluding hydrogens is 285 g/mol. The van der Waals surface area contributed by atoms with Gasteiger partial charge in [-0.3, -0.25) is 4.79 Å². The first-order valence-corrected chi connectivity index (χ1v) is 6.77. The Morgan fingerprint density at radius 3 is 2.36 bits per heavy atom. The molecule has 2 aromatic rings. The van der Waals surface area contributed by atoms with Gasteiger partial charge in [0.1, 0.15) is 5.82 Å². The van der Waals surface area contributed by atoms with Gasteiger partial charge in [-0.05, 0) is 17.7 Å². The van der Waals surface area contributed by atoms with E-state index in [1.54, 1.807) is 7.05 Å². The number of rotatable bonds is 5. The summed E-state index contributed by atoms with van der Waals surface area (Å²) in [5.74, 6) is -1.87. The Labute approximate surface area is 128 Å². The first kappa shape index (κ1) is 15.7.